The molecular weight excluding hydrogens is 274 g/mol. The summed E-state index contributed by atoms with van der Waals surface area (Å²) in [5, 5.41) is 3.68. The van der Waals surface area contributed by atoms with Gasteiger partial charge < -0.3 is 22.3 Å². The number of hydrogen-bond donors (Lipinski definition) is 1. The molecule has 4 heteroatoms. The Labute approximate surface area is 87.5 Å². The Kier molecular flexibility index (Phi) is 6.47. The Balaban J connectivity index is 0. The van der Waals surface area contributed by atoms with E-state index < -0.39 is 0 Å². The van der Waals surface area contributed by atoms with Crippen LogP contribution in [0, 0.1) is 0 Å². The molecule has 0 amide bonds. The highest BCUT2D eigenvalue weighted by molar-refractivity contribution is 9.09. The first-order valence-electron chi connectivity index (χ1n) is 3.66. The summed E-state index contributed by atoms with van der Waals surface area (Å²) in [6, 6.07) is 0.133. The first-order valence-corrected chi connectivity index (χ1v) is 4.79. The van der Waals surface area contributed by atoms with Crippen molar-refractivity contribution in [3.05, 3.63) is 0 Å². The van der Waals surface area contributed by atoms with Crippen molar-refractivity contribution in [3.63, 3.8) is 0 Å². The van der Waals surface area contributed by atoms with Crippen molar-refractivity contribution >= 4 is 21.7 Å². The summed E-state index contributed by atoms with van der Waals surface area (Å²) in [6.07, 6.45) is 3.42. The largest absolute Gasteiger partial charge is 1.00 e. The first-order chi connectivity index (χ1) is 4.84. The number of Topliss-reactive ketones (excluding diaryl/α,β-unsaturated/α-hetero) is 1. The molecule has 0 aromatic carbocycles. The van der Waals surface area contributed by atoms with E-state index in [1.54, 1.807) is 0 Å². The third-order valence-electron chi connectivity index (χ3n) is 1.83. The standard InChI is InChI=1S/C7H12BrNO.BrH/c8-5-7(10)6-3-1-2-4-9-6;/h6,9H,1-5H2;1H. The van der Waals surface area contributed by atoms with Crippen molar-refractivity contribution in [2.75, 3.05) is 11.9 Å². The third-order valence-corrected chi connectivity index (χ3v) is 2.38. The summed E-state index contributed by atoms with van der Waals surface area (Å²) in [5.41, 5.74) is 0. The Morgan fingerprint density at radius 2 is 2.36 bits per heavy atom. The highest BCUT2D eigenvalue weighted by atomic mass is 79.9. The molecule has 1 aliphatic rings. The lowest BCUT2D eigenvalue weighted by Crippen LogP contribution is -3.00. The second kappa shape index (κ2) is 6.14. The molecule has 1 saturated heterocycles. The van der Waals surface area contributed by atoms with Gasteiger partial charge in [-0.05, 0) is 19.4 Å². The fourth-order valence-electron chi connectivity index (χ4n) is 1.22. The van der Waals surface area contributed by atoms with Gasteiger partial charge in [0.15, 0.2) is 5.78 Å². The molecule has 0 saturated carbocycles. The summed E-state index contributed by atoms with van der Waals surface area (Å²) in [5.74, 6) is 0.291. The van der Waals surface area contributed by atoms with Gasteiger partial charge in [-0.15, -0.1) is 0 Å². The van der Waals surface area contributed by atoms with E-state index in [4.69, 9.17) is 0 Å². The topological polar surface area (TPSA) is 29.1 Å². The summed E-state index contributed by atoms with van der Waals surface area (Å²) in [7, 11) is 0. The van der Waals surface area contributed by atoms with Crippen molar-refractivity contribution in [1.82, 2.24) is 5.32 Å². The molecule has 0 bridgehead atoms. The van der Waals surface area contributed by atoms with Crippen molar-refractivity contribution in [2.24, 2.45) is 0 Å². The molecule has 1 atom stereocenters. The lowest BCUT2D eigenvalue weighted by atomic mass is 10.0. The van der Waals surface area contributed by atoms with Crippen LogP contribution in [0.15, 0.2) is 0 Å². The Morgan fingerprint density at radius 1 is 1.64 bits per heavy atom. The molecule has 0 aromatic rings. The number of carbonyl (C=O) groups is 1. The van der Waals surface area contributed by atoms with Gasteiger partial charge in [0.2, 0.25) is 0 Å². The van der Waals surface area contributed by atoms with Crippen molar-refractivity contribution < 1.29 is 23.2 Å². The lowest BCUT2D eigenvalue weighted by Gasteiger charge is -2.20. The molecule has 0 aliphatic carbocycles. The maximum atomic E-state index is 11.1. The van der Waals surface area contributed by atoms with Gasteiger partial charge in [-0.3, -0.25) is 4.79 Å². The predicted octanol–water partition coefficient (Wildman–Crippen LogP) is -1.79. The van der Waals surface area contributed by atoms with Gasteiger partial charge >= 0.3 is 1.43 Å². The van der Waals surface area contributed by atoms with Crippen molar-refractivity contribution in [1.29, 1.82) is 0 Å². The van der Waals surface area contributed by atoms with Gasteiger partial charge in [-0.1, -0.05) is 22.4 Å². The highest BCUT2D eigenvalue weighted by Gasteiger charge is 2.18. The second-order valence-corrected chi connectivity index (χ2v) is 3.16. The molecule has 1 fully saturated rings. The fourth-order valence-corrected chi connectivity index (χ4v) is 1.61. The highest BCUT2D eigenvalue weighted by Crippen LogP contribution is 2.08. The van der Waals surface area contributed by atoms with E-state index >= 15 is 0 Å². The zero-order valence-electron chi connectivity index (χ0n) is 7.28. The zero-order chi connectivity index (χ0) is 7.40. The summed E-state index contributed by atoms with van der Waals surface area (Å²) in [6.45, 7) is 1.00. The maximum Gasteiger partial charge on any atom is 1.00 e. The number of alkyl halides is 1. The average molecular weight is 287 g/mol. The van der Waals surface area contributed by atoms with Gasteiger partial charge in [0.25, 0.3) is 0 Å². The van der Waals surface area contributed by atoms with E-state index in [9.17, 15) is 4.79 Å². The molecule has 1 unspecified atom stereocenters. The molecule has 66 valence electrons. The molecule has 11 heavy (non-hydrogen) atoms. The van der Waals surface area contributed by atoms with Crippen LogP contribution in [0.1, 0.15) is 20.7 Å². The molecule has 0 spiro atoms. The minimum Gasteiger partial charge on any atom is -1.00 e. The Bertz CT molecular complexity index is 129. The van der Waals surface area contributed by atoms with Crippen LogP contribution in [0.25, 0.3) is 0 Å². The van der Waals surface area contributed by atoms with Gasteiger partial charge in [-0.2, -0.15) is 0 Å². The monoisotopic (exact) mass is 285 g/mol. The third kappa shape index (κ3) is 3.67. The minimum atomic E-state index is 0. The first kappa shape index (κ1) is 11.6. The van der Waals surface area contributed by atoms with E-state index in [-0.39, 0.29) is 24.4 Å². The number of nitrogens with one attached hydrogen (secondary N) is 1. The van der Waals surface area contributed by atoms with E-state index in [0.29, 0.717) is 11.1 Å². The molecule has 1 heterocycles. The van der Waals surface area contributed by atoms with Gasteiger partial charge in [0.1, 0.15) is 0 Å². The smallest absolute Gasteiger partial charge is 1.00 e. The van der Waals surface area contributed by atoms with Crippen LogP contribution in [0.4, 0.5) is 0 Å². The second-order valence-electron chi connectivity index (χ2n) is 2.60. The number of ketones is 1. The zero-order valence-corrected chi connectivity index (χ0v) is 9.45. The molecule has 0 radical (unpaired) electrons. The van der Waals surface area contributed by atoms with Crippen LogP contribution in [0.2, 0.25) is 0 Å². The maximum absolute atomic E-state index is 11.1. The number of piperidine rings is 1. The van der Waals surface area contributed by atoms with Crippen LogP contribution in [-0.2, 0) is 4.79 Å². The number of halogens is 2. The Morgan fingerprint density at radius 3 is 2.82 bits per heavy atom. The van der Waals surface area contributed by atoms with Crippen LogP contribution in [0.3, 0.4) is 0 Å². The fraction of sp³-hybridized carbons (Fsp3) is 0.857. The number of hydrogen-bond acceptors (Lipinski definition) is 2. The molecular formula is C7H13Br2NO. The SMILES string of the molecule is O=C(CBr)C1CCCCN1.[Br-].[H+]. The summed E-state index contributed by atoms with van der Waals surface area (Å²) >= 11 is 3.16. The summed E-state index contributed by atoms with van der Waals surface area (Å²) in [4.78, 5) is 11.1. The molecule has 1 N–H and O–H groups in total. The van der Waals surface area contributed by atoms with Crippen molar-refractivity contribution in [2.45, 2.75) is 25.3 Å². The molecule has 0 aromatic heterocycles. The van der Waals surface area contributed by atoms with Crippen LogP contribution >= 0.6 is 15.9 Å². The molecule has 1 rings (SSSR count). The summed E-state index contributed by atoms with van der Waals surface area (Å²) < 4.78 is 0. The average Bonchev–Trinajstić information content (AvgIpc) is 2.05. The minimum absolute atomic E-state index is 0. The van der Waals surface area contributed by atoms with Gasteiger partial charge in [-0.25, -0.2) is 0 Å². The predicted molar refractivity (Wildman–Crippen MR) is 45.6 cm³/mol. The lowest BCUT2D eigenvalue weighted by molar-refractivity contribution is -0.118. The number of carbonyl (C=O) groups excluding carboxylic acids is 1. The molecule has 1 aliphatic heterocycles. The van der Waals surface area contributed by atoms with Crippen molar-refractivity contribution in [3.8, 4) is 0 Å². The Hall–Kier alpha value is 0.590. The molecule has 2 nitrogen and oxygen atoms in total. The normalized spacial score (nSPS) is 23.9. The van der Waals surface area contributed by atoms with Crippen LogP contribution < -0.4 is 22.3 Å². The van der Waals surface area contributed by atoms with Crippen LogP contribution in [-0.4, -0.2) is 23.7 Å². The quantitative estimate of drug-likeness (QED) is 0.608. The van der Waals surface area contributed by atoms with Crippen LogP contribution in [0.5, 0.6) is 0 Å². The van der Waals surface area contributed by atoms with E-state index in [2.05, 4.69) is 21.2 Å². The van der Waals surface area contributed by atoms with E-state index in [1.807, 2.05) is 0 Å². The van der Waals surface area contributed by atoms with Gasteiger partial charge in [0.05, 0.1) is 11.4 Å². The van der Waals surface area contributed by atoms with E-state index in [0.717, 1.165) is 13.0 Å². The van der Waals surface area contributed by atoms with E-state index in [1.165, 1.54) is 12.8 Å². The van der Waals surface area contributed by atoms with Gasteiger partial charge in [0, 0.05) is 0 Å². The number of rotatable bonds is 2.